The van der Waals surface area contributed by atoms with E-state index >= 15 is 0 Å². The monoisotopic (exact) mass is 430 g/mol. The standard InChI is InChI=1S/C14H19BrO10/c1-6(16)12(22,10(20)5-25-9(4)19)14(24,8(3)18)13(23,7(2)17)11(15)21/h10,20,22-24H,5H2,1-4H3/t10-,12-,13+,14+/m1/s1/i1D,2D,3D,4D. The Morgan fingerprint density at radius 2 is 1.52 bits per heavy atom. The Morgan fingerprint density at radius 1 is 1.00 bits per heavy atom. The molecule has 0 aliphatic rings. The molecule has 0 aromatic rings. The van der Waals surface area contributed by atoms with Crippen LogP contribution >= 0.6 is 15.9 Å². The third kappa shape index (κ3) is 3.55. The lowest BCUT2D eigenvalue weighted by molar-refractivity contribution is -0.245. The third-order valence-electron chi connectivity index (χ3n) is 3.48. The van der Waals surface area contributed by atoms with Gasteiger partial charge in [-0.15, -0.1) is 0 Å². The second kappa shape index (κ2) is 7.79. The lowest BCUT2D eigenvalue weighted by atomic mass is 9.63. The number of esters is 1. The average molecular weight is 431 g/mol. The highest BCUT2D eigenvalue weighted by molar-refractivity contribution is 9.18. The summed E-state index contributed by atoms with van der Waals surface area (Å²) in [4.78, 5) is 59.8. The average Bonchev–Trinajstić information content (AvgIpc) is 2.72. The lowest BCUT2D eigenvalue weighted by Crippen LogP contribution is -2.80. The maximum Gasteiger partial charge on any atom is 0.302 e. The van der Waals surface area contributed by atoms with Gasteiger partial charge in [-0.05, 0) is 36.6 Å². The van der Waals surface area contributed by atoms with Crippen molar-refractivity contribution in [2.75, 3.05) is 6.61 Å². The first-order valence-electron chi connectivity index (χ1n) is 9.07. The molecule has 0 aliphatic carbocycles. The van der Waals surface area contributed by atoms with E-state index in [9.17, 15) is 44.4 Å². The Morgan fingerprint density at radius 3 is 1.92 bits per heavy atom. The number of halogens is 1. The van der Waals surface area contributed by atoms with E-state index in [0.29, 0.717) is 0 Å². The summed E-state index contributed by atoms with van der Waals surface area (Å²) < 4.78 is 30.6. The number of aliphatic hydroxyl groups is 4. The molecule has 0 aromatic carbocycles. The van der Waals surface area contributed by atoms with Gasteiger partial charge in [0, 0.05) is 12.4 Å². The van der Waals surface area contributed by atoms with Crippen LogP contribution in [0, 0.1) is 0 Å². The van der Waals surface area contributed by atoms with Crippen LogP contribution in [0.15, 0.2) is 0 Å². The van der Waals surface area contributed by atoms with Crippen LogP contribution in [-0.2, 0) is 28.7 Å². The topological polar surface area (TPSA) is 176 Å². The van der Waals surface area contributed by atoms with E-state index in [2.05, 4.69) is 20.7 Å². The lowest BCUT2D eigenvalue weighted by Gasteiger charge is -2.48. The Balaban J connectivity index is 6.99. The fourth-order valence-electron chi connectivity index (χ4n) is 2.06. The van der Waals surface area contributed by atoms with Crippen molar-refractivity contribution >= 4 is 43.9 Å². The number of ether oxygens (including phenoxy) is 1. The zero-order valence-corrected chi connectivity index (χ0v) is 14.3. The zero-order chi connectivity index (χ0) is 23.2. The molecule has 0 radical (unpaired) electrons. The van der Waals surface area contributed by atoms with Crippen LogP contribution in [-0.4, -0.2) is 78.0 Å². The van der Waals surface area contributed by atoms with Crippen LogP contribution in [0.4, 0.5) is 0 Å². The van der Waals surface area contributed by atoms with Crippen molar-refractivity contribution in [3.05, 3.63) is 0 Å². The number of ketones is 3. The van der Waals surface area contributed by atoms with Gasteiger partial charge in [-0.1, -0.05) is 0 Å². The minimum absolute atomic E-state index is 0.964. The molecular weight excluding hydrogens is 408 g/mol. The molecule has 0 amide bonds. The maximum absolute atomic E-state index is 12.4. The highest BCUT2D eigenvalue weighted by atomic mass is 79.9. The molecule has 0 aromatic heterocycles. The number of hydrogen-bond acceptors (Lipinski definition) is 10. The van der Waals surface area contributed by atoms with Crippen molar-refractivity contribution in [1.29, 1.82) is 0 Å². The van der Waals surface area contributed by atoms with Gasteiger partial charge in [-0.3, -0.25) is 24.0 Å². The van der Waals surface area contributed by atoms with Gasteiger partial charge < -0.3 is 25.2 Å². The van der Waals surface area contributed by atoms with E-state index in [0.717, 1.165) is 0 Å². The van der Waals surface area contributed by atoms with Crippen LogP contribution in [0.25, 0.3) is 0 Å². The summed E-state index contributed by atoms with van der Waals surface area (Å²) in [6, 6.07) is 0. The second-order valence-electron chi connectivity index (χ2n) is 4.93. The molecular formula is C14H19BrO10. The zero-order valence-electron chi connectivity index (χ0n) is 16.7. The van der Waals surface area contributed by atoms with E-state index < -0.39 is 85.1 Å². The van der Waals surface area contributed by atoms with Crippen molar-refractivity contribution in [3.63, 3.8) is 0 Å². The summed E-state index contributed by atoms with van der Waals surface area (Å²) in [5.41, 5.74) is -12.3. The smallest absolute Gasteiger partial charge is 0.302 e. The predicted molar refractivity (Wildman–Crippen MR) is 83.5 cm³/mol. The summed E-state index contributed by atoms with van der Waals surface area (Å²) in [6.45, 7) is -6.77. The van der Waals surface area contributed by atoms with Crippen molar-refractivity contribution in [1.82, 2.24) is 0 Å². The van der Waals surface area contributed by atoms with E-state index in [4.69, 9.17) is 5.48 Å². The van der Waals surface area contributed by atoms with Crippen LogP contribution in [0.2, 0.25) is 0 Å². The van der Waals surface area contributed by atoms with Crippen molar-refractivity contribution in [3.8, 4) is 0 Å². The highest BCUT2D eigenvalue weighted by Crippen LogP contribution is 2.40. The molecule has 25 heavy (non-hydrogen) atoms. The molecule has 0 rings (SSSR count). The summed E-state index contributed by atoms with van der Waals surface area (Å²) >= 11 is 2.13. The van der Waals surface area contributed by atoms with Gasteiger partial charge in [-0.2, -0.15) is 0 Å². The summed E-state index contributed by atoms with van der Waals surface area (Å²) in [6.07, 6.45) is -2.80. The van der Waals surface area contributed by atoms with Crippen molar-refractivity contribution < 1.29 is 54.6 Å². The summed E-state index contributed by atoms with van der Waals surface area (Å²) in [5.74, 6) is -7.06. The quantitative estimate of drug-likeness (QED) is 0.178. The highest BCUT2D eigenvalue weighted by Gasteiger charge is 2.74. The second-order valence-corrected chi connectivity index (χ2v) is 5.65. The molecule has 0 saturated heterocycles. The fourth-order valence-corrected chi connectivity index (χ4v) is 2.57. The molecule has 0 bridgehead atoms. The van der Waals surface area contributed by atoms with Gasteiger partial charge in [0.15, 0.2) is 23.0 Å². The van der Waals surface area contributed by atoms with E-state index in [1.807, 2.05) is 0 Å². The van der Waals surface area contributed by atoms with E-state index in [-0.39, 0.29) is 0 Å². The van der Waals surface area contributed by atoms with E-state index in [1.165, 1.54) is 0 Å². The van der Waals surface area contributed by atoms with Crippen LogP contribution in [0.5, 0.6) is 0 Å². The Kier molecular flexibility index (Phi) is 5.27. The molecule has 11 heteroatoms. The largest absolute Gasteiger partial charge is 0.463 e. The van der Waals surface area contributed by atoms with Crippen LogP contribution in [0.3, 0.4) is 0 Å². The van der Waals surface area contributed by atoms with Crippen molar-refractivity contribution in [2.45, 2.75) is 50.5 Å². The number of hydrogen-bond donors (Lipinski definition) is 4. The van der Waals surface area contributed by atoms with Gasteiger partial charge in [0.05, 0.1) is 0 Å². The van der Waals surface area contributed by atoms with Gasteiger partial charge in [0.1, 0.15) is 12.7 Å². The van der Waals surface area contributed by atoms with Gasteiger partial charge in [0.2, 0.25) is 15.9 Å². The molecule has 0 fully saturated rings. The SMILES string of the molecule is [2H]CC(=O)OC[C@@H](O)[C@](O)(C(=O)C[2H])[C@@](O)(C(=O)C[2H])[C@@](O)(C(=O)Br)C(=O)C[2H]. The Hall–Kier alpha value is -1.53. The predicted octanol–water partition coefficient (Wildman–Crippen LogP) is -2.21. The Bertz CT molecular complexity index is 691. The Labute approximate surface area is 156 Å². The van der Waals surface area contributed by atoms with Gasteiger partial charge in [0.25, 0.3) is 0 Å². The first-order valence-corrected chi connectivity index (χ1v) is 7.04. The third-order valence-corrected chi connectivity index (χ3v) is 4.05. The molecule has 0 saturated carbocycles. The van der Waals surface area contributed by atoms with Crippen molar-refractivity contribution in [2.24, 2.45) is 0 Å². The summed E-state index contributed by atoms with van der Waals surface area (Å²) in [7, 11) is 0. The molecule has 142 valence electrons. The number of aliphatic hydroxyl groups excluding tert-OH is 1. The fraction of sp³-hybridized carbons (Fsp3) is 0.643. The molecule has 0 aliphatic heterocycles. The molecule has 4 N–H and O–H groups in total. The first-order chi connectivity index (χ1) is 13.3. The number of carbonyl (C=O) groups excluding carboxylic acids is 5. The normalized spacial score (nSPS) is 21.6. The van der Waals surface area contributed by atoms with Gasteiger partial charge >= 0.3 is 5.97 Å². The molecule has 0 spiro atoms. The molecule has 0 heterocycles. The van der Waals surface area contributed by atoms with Gasteiger partial charge in [-0.25, -0.2) is 0 Å². The number of carbonyl (C=O) groups is 5. The van der Waals surface area contributed by atoms with E-state index in [1.54, 1.807) is 0 Å². The maximum atomic E-state index is 12.4. The van der Waals surface area contributed by atoms with Crippen LogP contribution < -0.4 is 0 Å². The molecule has 0 unspecified atom stereocenters. The number of Topliss-reactive ketones (excluding diaryl/α,β-unsaturated/α-hetero) is 3. The first kappa shape index (κ1) is 16.9. The van der Waals surface area contributed by atoms with Crippen LogP contribution in [0.1, 0.15) is 33.1 Å². The molecule has 4 atom stereocenters. The molecule has 10 nitrogen and oxygen atoms in total. The summed E-state index contributed by atoms with van der Waals surface area (Å²) in [5, 5.41) is 42.6. The minimum Gasteiger partial charge on any atom is -0.463 e. The minimum atomic E-state index is -4.24. The number of rotatable bonds is 9.